The number of allylic oxidation sites excluding steroid dienone is 1. The average molecular weight is 259 g/mol. The molecule has 0 aromatic heterocycles. The quantitative estimate of drug-likeness (QED) is 0.734. The van der Waals surface area contributed by atoms with Crippen molar-refractivity contribution in [1.82, 2.24) is 5.32 Å². The summed E-state index contributed by atoms with van der Waals surface area (Å²) in [5.41, 5.74) is 4.38. The van der Waals surface area contributed by atoms with Crippen molar-refractivity contribution in [2.75, 3.05) is 6.54 Å². The molecule has 1 rings (SSSR count). The van der Waals surface area contributed by atoms with Gasteiger partial charge in [-0.05, 0) is 43.4 Å². The minimum Gasteiger partial charge on any atom is -0.307 e. The van der Waals surface area contributed by atoms with Gasteiger partial charge in [0.1, 0.15) is 0 Å². The lowest BCUT2D eigenvalue weighted by atomic mass is 9.81. The van der Waals surface area contributed by atoms with Gasteiger partial charge in [-0.2, -0.15) is 0 Å². The van der Waals surface area contributed by atoms with Crippen molar-refractivity contribution in [2.24, 2.45) is 0 Å². The normalized spacial score (nSPS) is 13.2. The molecule has 0 aliphatic rings. The summed E-state index contributed by atoms with van der Waals surface area (Å²) in [6.07, 6.45) is 3.49. The van der Waals surface area contributed by atoms with Crippen molar-refractivity contribution in [2.45, 2.75) is 59.4 Å². The van der Waals surface area contributed by atoms with Gasteiger partial charge in [0, 0.05) is 0 Å². The molecule has 0 heterocycles. The van der Waals surface area contributed by atoms with Gasteiger partial charge in [0.2, 0.25) is 0 Å². The maximum absolute atomic E-state index is 3.65. The molecule has 0 saturated heterocycles. The van der Waals surface area contributed by atoms with Crippen LogP contribution < -0.4 is 5.32 Å². The Morgan fingerprint density at radius 1 is 1.21 bits per heavy atom. The number of rotatable bonds is 5. The van der Waals surface area contributed by atoms with Gasteiger partial charge in [0.15, 0.2) is 0 Å². The molecule has 1 heteroatoms. The zero-order valence-corrected chi connectivity index (χ0v) is 13.4. The van der Waals surface area contributed by atoms with Crippen LogP contribution in [0.5, 0.6) is 0 Å². The van der Waals surface area contributed by atoms with E-state index in [1.165, 1.54) is 16.7 Å². The number of nitrogens with one attached hydrogen (secondary N) is 1. The molecule has 0 fully saturated rings. The van der Waals surface area contributed by atoms with Crippen molar-refractivity contribution in [3.8, 4) is 0 Å². The van der Waals surface area contributed by atoms with Crippen LogP contribution in [0.4, 0.5) is 0 Å². The van der Waals surface area contributed by atoms with Crippen LogP contribution in [0.1, 0.15) is 65.1 Å². The second-order valence-electron chi connectivity index (χ2n) is 6.51. The number of hydrogen-bond donors (Lipinski definition) is 1. The highest BCUT2D eigenvalue weighted by atomic mass is 14.9. The minimum atomic E-state index is 0.179. The highest BCUT2D eigenvalue weighted by Gasteiger charge is 2.20. The fraction of sp³-hybridized carbons (Fsp3) is 0.556. The van der Waals surface area contributed by atoms with Crippen molar-refractivity contribution in [3.63, 3.8) is 0 Å². The van der Waals surface area contributed by atoms with Crippen LogP contribution in [0.2, 0.25) is 0 Å². The van der Waals surface area contributed by atoms with E-state index in [-0.39, 0.29) is 5.41 Å². The first kappa shape index (κ1) is 16.0. The molecule has 106 valence electrons. The molecule has 0 saturated carbocycles. The van der Waals surface area contributed by atoms with Crippen LogP contribution in [0.25, 0.3) is 0 Å². The van der Waals surface area contributed by atoms with Crippen molar-refractivity contribution in [1.29, 1.82) is 0 Å². The Bertz CT molecular complexity index is 420. The summed E-state index contributed by atoms with van der Waals surface area (Å²) in [5.74, 6) is 0. The van der Waals surface area contributed by atoms with Gasteiger partial charge in [0.05, 0.1) is 6.04 Å². The molecule has 1 aromatic rings. The Morgan fingerprint density at radius 2 is 1.84 bits per heavy atom. The Labute approximate surface area is 119 Å². The third kappa shape index (κ3) is 4.83. The predicted octanol–water partition coefficient (Wildman–Crippen LogP) is 4.99. The molecule has 19 heavy (non-hydrogen) atoms. The second kappa shape index (κ2) is 6.91. The van der Waals surface area contributed by atoms with Gasteiger partial charge < -0.3 is 5.32 Å². The van der Waals surface area contributed by atoms with Crippen LogP contribution in [0.3, 0.4) is 0 Å². The Morgan fingerprint density at radius 3 is 2.37 bits per heavy atom. The third-order valence-electron chi connectivity index (χ3n) is 3.22. The largest absolute Gasteiger partial charge is 0.307 e. The van der Waals surface area contributed by atoms with Crippen LogP contribution in [-0.4, -0.2) is 6.54 Å². The highest BCUT2D eigenvalue weighted by molar-refractivity contribution is 5.37. The lowest BCUT2D eigenvalue weighted by molar-refractivity contribution is 0.553. The molecule has 0 radical (unpaired) electrons. The van der Waals surface area contributed by atoms with E-state index in [4.69, 9.17) is 0 Å². The molecule has 1 N–H and O–H groups in total. The van der Waals surface area contributed by atoms with E-state index in [1.807, 2.05) is 0 Å². The van der Waals surface area contributed by atoms with E-state index in [2.05, 4.69) is 77.2 Å². The monoisotopic (exact) mass is 259 g/mol. The molecule has 0 bridgehead atoms. The van der Waals surface area contributed by atoms with E-state index in [9.17, 15) is 0 Å². The zero-order chi connectivity index (χ0) is 14.5. The van der Waals surface area contributed by atoms with Crippen LogP contribution in [0, 0.1) is 0 Å². The smallest absolute Gasteiger partial charge is 0.0511 e. The molecule has 0 amide bonds. The maximum atomic E-state index is 3.65. The topological polar surface area (TPSA) is 12.0 Å². The van der Waals surface area contributed by atoms with E-state index in [0.29, 0.717) is 6.04 Å². The van der Waals surface area contributed by atoms with Crippen molar-refractivity contribution >= 4 is 0 Å². The molecular weight excluding hydrogens is 230 g/mol. The van der Waals surface area contributed by atoms with Crippen LogP contribution in [0.15, 0.2) is 35.9 Å². The van der Waals surface area contributed by atoms with E-state index in [0.717, 1.165) is 13.0 Å². The minimum absolute atomic E-state index is 0.179. The fourth-order valence-electron chi connectivity index (χ4n) is 2.34. The predicted molar refractivity (Wildman–Crippen MR) is 85.6 cm³/mol. The van der Waals surface area contributed by atoms with Gasteiger partial charge in [-0.25, -0.2) is 0 Å². The first-order valence-corrected chi connectivity index (χ1v) is 7.34. The highest BCUT2D eigenvalue weighted by Crippen LogP contribution is 2.30. The average Bonchev–Trinajstić information content (AvgIpc) is 2.33. The lowest BCUT2D eigenvalue weighted by Crippen LogP contribution is -2.24. The molecule has 1 unspecified atom stereocenters. The molecule has 0 aliphatic carbocycles. The summed E-state index contributed by atoms with van der Waals surface area (Å²) in [7, 11) is 0. The summed E-state index contributed by atoms with van der Waals surface area (Å²) < 4.78 is 0. The SMILES string of the molecule is CCCNC(C=C(C)C)c1ccccc1C(C)(C)C. The standard InChI is InChI=1S/C18H29N/c1-7-12-19-17(13-14(2)3)15-10-8-9-11-16(15)18(4,5)6/h8-11,13,17,19H,7,12H2,1-6H3. The molecule has 1 atom stereocenters. The summed E-state index contributed by atoms with van der Waals surface area (Å²) in [6, 6.07) is 9.12. The maximum Gasteiger partial charge on any atom is 0.0511 e. The Kier molecular flexibility index (Phi) is 5.81. The second-order valence-corrected chi connectivity index (χ2v) is 6.51. The van der Waals surface area contributed by atoms with E-state index in [1.54, 1.807) is 0 Å². The molecule has 0 aliphatic heterocycles. The molecule has 0 spiro atoms. The summed E-state index contributed by atoms with van der Waals surface area (Å²) >= 11 is 0. The summed E-state index contributed by atoms with van der Waals surface area (Å²) in [6.45, 7) is 14.4. The summed E-state index contributed by atoms with van der Waals surface area (Å²) in [5, 5.41) is 3.65. The number of benzene rings is 1. The number of hydrogen-bond acceptors (Lipinski definition) is 1. The van der Waals surface area contributed by atoms with Gasteiger partial charge in [-0.1, -0.05) is 63.6 Å². The van der Waals surface area contributed by atoms with Crippen molar-refractivity contribution in [3.05, 3.63) is 47.0 Å². The van der Waals surface area contributed by atoms with E-state index >= 15 is 0 Å². The lowest BCUT2D eigenvalue weighted by Gasteiger charge is -2.27. The van der Waals surface area contributed by atoms with Gasteiger partial charge in [-0.15, -0.1) is 0 Å². The van der Waals surface area contributed by atoms with Gasteiger partial charge in [-0.3, -0.25) is 0 Å². The van der Waals surface area contributed by atoms with Crippen LogP contribution in [-0.2, 0) is 5.41 Å². The first-order chi connectivity index (χ1) is 8.86. The van der Waals surface area contributed by atoms with Gasteiger partial charge in [0.25, 0.3) is 0 Å². The fourth-order valence-corrected chi connectivity index (χ4v) is 2.34. The Hall–Kier alpha value is -1.08. The third-order valence-corrected chi connectivity index (χ3v) is 3.22. The molecular formula is C18H29N. The van der Waals surface area contributed by atoms with Crippen LogP contribution >= 0.6 is 0 Å². The van der Waals surface area contributed by atoms with E-state index < -0.39 is 0 Å². The Balaban J connectivity index is 3.18. The first-order valence-electron chi connectivity index (χ1n) is 7.34. The summed E-state index contributed by atoms with van der Waals surface area (Å²) in [4.78, 5) is 0. The van der Waals surface area contributed by atoms with Crippen molar-refractivity contribution < 1.29 is 0 Å². The zero-order valence-electron chi connectivity index (χ0n) is 13.4. The molecule has 1 nitrogen and oxygen atoms in total. The van der Waals surface area contributed by atoms with Gasteiger partial charge >= 0.3 is 0 Å². The molecule has 1 aromatic carbocycles.